The third kappa shape index (κ3) is 6.47. The van der Waals surface area contributed by atoms with Crippen LogP contribution in [0.2, 0.25) is 0 Å². The van der Waals surface area contributed by atoms with Crippen LogP contribution in [-0.2, 0) is 13.2 Å². The minimum absolute atomic E-state index is 0.0602. The molecule has 0 spiro atoms. The highest BCUT2D eigenvalue weighted by molar-refractivity contribution is 6.06. The zero-order valence-electron chi connectivity index (χ0n) is 26.0. The van der Waals surface area contributed by atoms with Gasteiger partial charge in [-0.2, -0.15) is 13.2 Å². The molecule has 10 heteroatoms. The molecule has 4 aromatic carbocycles. The number of fused-ring (bicyclic) bond motifs is 3. The molecule has 0 bridgehead atoms. The predicted molar refractivity (Wildman–Crippen MR) is 166 cm³/mol. The van der Waals surface area contributed by atoms with Gasteiger partial charge in [-0.15, -0.1) is 0 Å². The summed E-state index contributed by atoms with van der Waals surface area (Å²) in [6, 6.07) is 12.3. The van der Waals surface area contributed by atoms with Gasteiger partial charge in [0.1, 0.15) is 24.4 Å². The van der Waals surface area contributed by atoms with Gasteiger partial charge in [-0.25, -0.2) is 13.2 Å². The monoisotopic (exact) mass is 656 g/mol. The van der Waals surface area contributed by atoms with E-state index in [0.29, 0.717) is 5.92 Å². The van der Waals surface area contributed by atoms with E-state index in [2.05, 4.69) is 6.92 Å². The van der Waals surface area contributed by atoms with E-state index in [-0.39, 0.29) is 35.7 Å². The van der Waals surface area contributed by atoms with Crippen LogP contribution in [0.3, 0.4) is 0 Å². The quantitative estimate of drug-likeness (QED) is 0.133. The first-order valence-corrected chi connectivity index (χ1v) is 15.9. The summed E-state index contributed by atoms with van der Waals surface area (Å²) in [5.41, 5.74) is 1.09. The molecule has 0 N–H and O–H groups in total. The first kappa shape index (κ1) is 32.6. The fourth-order valence-corrected chi connectivity index (χ4v) is 6.46. The molecule has 0 unspecified atom stereocenters. The molecule has 0 radical (unpaired) electrons. The summed E-state index contributed by atoms with van der Waals surface area (Å²) in [5.74, 6) is -8.61. The highest BCUT2D eigenvalue weighted by atomic mass is 19.2. The van der Waals surface area contributed by atoms with E-state index in [1.54, 1.807) is 6.92 Å². The normalized spacial score (nSPS) is 16.6. The van der Waals surface area contributed by atoms with Gasteiger partial charge in [-0.1, -0.05) is 44.0 Å². The zero-order chi connectivity index (χ0) is 33.2. The summed E-state index contributed by atoms with van der Waals surface area (Å²) in [5, 5.41) is -1.24. The van der Waals surface area contributed by atoms with Crippen molar-refractivity contribution in [1.29, 1.82) is 0 Å². The second-order valence-corrected chi connectivity index (χ2v) is 12.0. The van der Waals surface area contributed by atoms with Crippen molar-refractivity contribution >= 4 is 21.9 Å². The second-order valence-electron chi connectivity index (χ2n) is 12.0. The summed E-state index contributed by atoms with van der Waals surface area (Å²) in [6.45, 7) is 3.21. The Bertz CT molecular complexity index is 1890. The van der Waals surface area contributed by atoms with Crippen LogP contribution in [0, 0.1) is 40.8 Å². The van der Waals surface area contributed by atoms with Crippen LogP contribution >= 0.6 is 0 Å². The average Bonchev–Trinajstić information content (AvgIpc) is 3.45. The zero-order valence-corrected chi connectivity index (χ0v) is 26.0. The highest BCUT2D eigenvalue weighted by Gasteiger charge is 2.27. The molecule has 0 saturated heterocycles. The third-order valence-corrected chi connectivity index (χ3v) is 8.94. The molecule has 4 nitrogen and oxygen atoms in total. The lowest BCUT2D eigenvalue weighted by molar-refractivity contribution is 0.274. The van der Waals surface area contributed by atoms with Crippen LogP contribution in [0.5, 0.6) is 17.2 Å². The molecule has 5 aromatic rings. The maximum atomic E-state index is 15.3. The Kier molecular flexibility index (Phi) is 9.57. The number of rotatable bonds is 11. The van der Waals surface area contributed by atoms with Gasteiger partial charge in [0, 0.05) is 17.7 Å². The highest BCUT2D eigenvalue weighted by Crippen LogP contribution is 2.41. The Morgan fingerprint density at radius 1 is 0.617 bits per heavy atom. The van der Waals surface area contributed by atoms with Crippen molar-refractivity contribution in [3.8, 4) is 17.2 Å². The topological polar surface area (TPSA) is 40.8 Å². The summed E-state index contributed by atoms with van der Waals surface area (Å²) in [7, 11) is 0. The third-order valence-electron chi connectivity index (χ3n) is 8.94. The Balaban J connectivity index is 1.19. The van der Waals surface area contributed by atoms with Crippen molar-refractivity contribution in [2.45, 2.75) is 71.5 Å². The smallest absolute Gasteiger partial charge is 0.201 e. The lowest BCUT2D eigenvalue weighted by Crippen LogP contribution is -2.13. The van der Waals surface area contributed by atoms with E-state index < -0.39 is 63.8 Å². The van der Waals surface area contributed by atoms with Crippen LogP contribution in [0.15, 0.2) is 52.9 Å². The average molecular weight is 657 g/mol. The van der Waals surface area contributed by atoms with Crippen molar-refractivity contribution in [1.82, 2.24) is 0 Å². The van der Waals surface area contributed by atoms with Crippen LogP contribution in [0.25, 0.3) is 21.9 Å². The molecular weight excluding hydrogens is 622 g/mol. The molecule has 6 rings (SSSR count). The van der Waals surface area contributed by atoms with Crippen molar-refractivity contribution in [2.24, 2.45) is 5.92 Å². The van der Waals surface area contributed by atoms with Crippen LogP contribution in [-0.4, -0.2) is 6.61 Å². The number of furan rings is 1. The van der Waals surface area contributed by atoms with Crippen molar-refractivity contribution in [2.75, 3.05) is 6.61 Å². The second kappa shape index (κ2) is 13.8. The largest absolute Gasteiger partial charge is 0.491 e. The van der Waals surface area contributed by atoms with Crippen molar-refractivity contribution in [3.05, 3.63) is 100 Å². The fourth-order valence-electron chi connectivity index (χ4n) is 6.46. The predicted octanol–water partition coefficient (Wildman–Crippen LogP) is 11.1. The molecule has 1 saturated carbocycles. The summed E-state index contributed by atoms with van der Waals surface area (Å²) in [4.78, 5) is 0. The van der Waals surface area contributed by atoms with E-state index in [9.17, 15) is 8.78 Å². The molecule has 0 atom stereocenters. The summed E-state index contributed by atoms with van der Waals surface area (Å²) < 4.78 is 111. The van der Waals surface area contributed by atoms with E-state index in [4.69, 9.17) is 18.6 Å². The van der Waals surface area contributed by atoms with E-state index in [1.165, 1.54) is 43.4 Å². The summed E-state index contributed by atoms with van der Waals surface area (Å²) >= 11 is 0. The standard InChI is InChI=1S/C37H34F6O4/c1-3-5-20-6-10-22(11-7-20)23-12-8-21(9-13-23)18-45-28-16-26-30(36(42)34(28)40)31-27(47-26)17-29(35(41)37(31)43)46-19-24-14-15-25(44-4-2)33(39)32(24)38/h8-9,12-17,20,22H,3-7,10-11,18-19H2,1-2H3. The Morgan fingerprint density at radius 2 is 1.19 bits per heavy atom. The van der Waals surface area contributed by atoms with Gasteiger partial charge in [0.25, 0.3) is 0 Å². The van der Waals surface area contributed by atoms with E-state index in [0.717, 1.165) is 36.5 Å². The SMILES string of the molecule is CCCC1CCC(c2ccc(COc3cc4oc5cc(OCc6ccc(OCC)c(F)c6F)c(F)c(F)c5c4c(F)c3F)cc2)CC1. The minimum Gasteiger partial charge on any atom is -0.491 e. The molecule has 248 valence electrons. The van der Waals surface area contributed by atoms with Gasteiger partial charge in [0.05, 0.1) is 17.4 Å². The fraction of sp³-hybridized carbons (Fsp3) is 0.351. The molecule has 47 heavy (non-hydrogen) atoms. The summed E-state index contributed by atoms with van der Waals surface area (Å²) in [6.07, 6.45) is 7.26. The maximum absolute atomic E-state index is 15.3. The Hall–Kier alpha value is -4.34. The van der Waals surface area contributed by atoms with Crippen molar-refractivity contribution in [3.63, 3.8) is 0 Å². The van der Waals surface area contributed by atoms with Crippen LogP contribution in [0.1, 0.15) is 75.0 Å². The van der Waals surface area contributed by atoms with Gasteiger partial charge in [-0.05, 0) is 67.7 Å². The van der Waals surface area contributed by atoms with Crippen LogP contribution < -0.4 is 14.2 Å². The lowest BCUT2D eigenvalue weighted by atomic mass is 9.77. The molecule has 1 heterocycles. The molecule has 1 aromatic heterocycles. The first-order chi connectivity index (χ1) is 22.7. The lowest BCUT2D eigenvalue weighted by Gasteiger charge is -2.28. The van der Waals surface area contributed by atoms with Gasteiger partial charge < -0.3 is 18.6 Å². The number of ether oxygens (including phenoxy) is 3. The number of hydrogen-bond donors (Lipinski definition) is 0. The Morgan fingerprint density at radius 3 is 1.77 bits per heavy atom. The minimum atomic E-state index is -1.56. The van der Waals surface area contributed by atoms with E-state index in [1.807, 2.05) is 24.3 Å². The van der Waals surface area contributed by atoms with Gasteiger partial charge in [-0.3, -0.25) is 0 Å². The molecule has 0 aliphatic heterocycles. The van der Waals surface area contributed by atoms with E-state index >= 15 is 17.6 Å². The molecular formula is C37H34F6O4. The molecule has 1 aliphatic carbocycles. The van der Waals surface area contributed by atoms with Gasteiger partial charge in [0.15, 0.2) is 34.7 Å². The first-order valence-electron chi connectivity index (χ1n) is 15.9. The molecule has 0 amide bonds. The molecule has 1 fully saturated rings. The van der Waals surface area contributed by atoms with Gasteiger partial charge >= 0.3 is 0 Å². The number of benzene rings is 4. The number of hydrogen-bond acceptors (Lipinski definition) is 4. The molecule has 1 aliphatic rings. The van der Waals surface area contributed by atoms with Gasteiger partial charge in [0.2, 0.25) is 17.5 Å². The Labute approximate surface area is 268 Å². The number of halogens is 6. The van der Waals surface area contributed by atoms with Crippen LogP contribution in [0.4, 0.5) is 26.3 Å². The van der Waals surface area contributed by atoms with Crippen molar-refractivity contribution < 1.29 is 45.0 Å². The maximum Gasteiger partial charge on any atom is 0.201 e.